The van der Waals surface area contributed by atoms with Crippen LogP contribution in [0.4, 0.5) is 9.59 Å². The van der Waals surface area contributed by atoms with Crippen LogP contribution in [0.5, 0.6) is 0 Å². The Bertz CT molecular complexity index is 1060. The van der Waals surface area contributed by atoms with Crippen molar-refractivity contribution in [1.82, 2.24) is 16.0 Å². The van der Waals surface area contributed by atoms with Crippen molar-refractivity contribution in [2.45, 2.75) is 90.6 Å². The standard InChI is InChI=1S/C30H43N3O6/c1-29(2,3)25(33-27(36)37)26(35)32-23(18-21-15-11-8-12-16-21)24(34)19-22(17-20-13-9-7-10-14-20)31-28(38)39-30(4,5)6/h7-16,22-25,33-34H,17-19H2,1-6H3,(H,31,38)(H,32,35)(H,36,37)/t22-,23-,24+,25+/m0/s1. The summed E-state index contributed by atoms with van der Waals surface area (Å²) in [5.74, 6) is -0.537. The number of nitrogens with one attached hydrogen (secondary N) is 3. The molecule has 2 aromatic carbocycles. The molecule has 0 aliphatic carbocycles. The molecule has 3 amide bonds. The summed E-state index contributed by atoms with van der Waals surface area (Å²) in [6.45, 7) is 10.6. The molecule has 0 saturated carbocycles. The molecule has 5 N–H and O–H groups in total. The fourth-order valence-corrected chi connectivity index (χ4v) is 4.24. The van der Waals surface area contributed by atoms with E-state index in [-0.39, 0.29) is 6.42 Å². The van der Waals surface area contributed by atoms with Crippen LogP contribution < -0.4 is 16.0 Å². The smallest absolute Gasteiger partial charge is 0.407 e. The second kappa shape index (κ2) is 14.0. The third-order valence-corrected chi connectivity index (χ3v) is 6.06. The number of rotatable bonds is 11. The van der Waals surface area contributed by atoms with Gasteiger partial charge in [-0.3, -0.25) is 4.79 Å². The van der Waals surface area contributed by atoms with Crippen molar-refractivity contribution >= 4 is 18.1 Å². The van der Waals surface area contributed by atoms with Gasteiger partial charge >= 0.3 is 12.2 Å². The van der Waals surface area contributed by atoms with Crippen LogP contribution in [0.2, 0.25) is 0 Å². The van der Waals surface area contributed by atoms with Crippen LogP contribution in [0.25, 0.3) is 0 Å². The lowest BCUT2D eigenvalue weighted by atomic mass is 9.85. The first-order valence-electron chi connectivity index (χ1n) is 13.2. The molecule has 4 atom stereocenters. The minimum atomic E-state index is -1.31. The Hall–Kier alpha value is -3.59. The lowest BCUT2D eigenvalue weighted by Crippen LogP contribution is -2.58. The number of carbonyl (C=O) groups is 3. The first-order valence-corrected chi connectivity index (χ1v) is 13.2. The molecule has 0 fully saturated rings. The molecular weight excluding hydrogens is 498 g/mol. The largest absolute Gasteiger partial charge is 0.465 e. The number of carboxylic acid groups (broad SMARTS) is 1. The van der Waals surface area contributed by atoms with Crippen molar-refractivity contribution in [3.05, 3.63) is 71.8 Å². The van der Waals surface area contributed by atoms with Crippen molar-refractivity contribution < 1.29 is 29.3 Å². The number of amides is 3. The van der Waals surface area contributed by atoms with E-state index in [0.29, 0.717) is 12.8 Å². The van der Waals surface area contributed by atoms with Gasteiger partial charge in [0.05, 0.1) is 12.1 Å². The summed E-state index contributed by atoms with van der Waals surface area (Å²) in [5, 5.41) is 28.8. The lowest BCUT2D eigenvalue weighted by molar-refractivity contribution is -0.127. The van der Waals surface area contributed by atoms with Gasteiger partial charge in [0, 0.05) is 6.04 Å². The molecular formula is C30H43N3O6. The van der Waals surface area contributed by atoms with Crippen LogP contribution in [0.15, 0.2) is 60.7 Å². The van der Waals surface area contributed by atoms with E-state index >= 15 is 0 Å². The van der Waals surface area contributed by atoms with E-state index in [4.69, 9.17) is 4.74 Å². The van der Waals surface area contributed by atoms with E-state index < -0.39 is 53.3 Å². The third kappa shape index (κ3) is 11.8. The molecule has 0 radical (unpaired) electrons. The molecule has 9 heteroatoms. The van der Waals surface area contributed by atoms with Crippen molar-refractivity contribution in [1.29, 1.82) is 0 Å². The number of hydrogen-bond acceptors (Lipinski definition) is 5. The second-order valence-electron chi connectivity index (χ2n) is 11.9. The van der Waals surface area contributed by atoms with Gasteiger partial charge in [-0.1, -0.05) is 81.4 Å². The molecule has 0 aliphatic heterocycles. The van der Waals surface area contributed by atoms with Crippen LogP contribution >= 0.6 is 0 Å². The van der Waals surface area contributed by atoms with Crippen LogP contribution in [-0.2, 0) is 22.4 Å². The molecule has 0 saturated heterocycles. The molecule has 0 bridgehead atoms. The number of carbonyl (C=O) groups excluding carboxylic acids is 2. The summed E-state index contributed by atoms with van der Waals surface area (Å²) in [7, 11) is 0. The first kappa shape index (κ1) is 31.6. The zero-order valence-corrected chi connectivity index (χ0v) is 23.7. The Kier molecular flexibility index (Phi) is 11.3. The molecule has 0 aliphatic rings. The highest BCUT2D eigenvalue weighted by Gasteiger charge is 2.35. The third-order valence-electron chi connectivity index (χ3n) is 6.06. The van der Waals surface area contributed by atoms with Crippen molar-refractivity contribution in [3.8, 4) is 0 Å². The Balaban J connectivity index is 2.30. The Morgan fingerprint density at radius 1 is 0.795 bits per heavy atom. The zero-order chi connectivity index (χ0) is 29.2. The topological polar surface area (TPSA) is 137 Å². The van der Waals surface area contributed by atoms with Crippen LogP contribution in [0.1, 0.15) is 59.1 Å². The summed E-state index contributed by atoms with van der Waals surface area (Å²) in [5.41, 5.74) is 0.454. The molecule has 0 spiro atoms. The summed E-state index contributed by atoms with van der Waals surface area (Å²) in [6, 6.07) is 16.7. The van der Waals surface area contributed by atoms with Crippen molar-refractivity contribution in [2.75, 3.05) is 0 Å². The van der Waals surface area contributed by atoms with E-state index in [0.717, 1.165) is 11.1 Å². The average molecular weight is 542 g/mol. The highest BCUT2D eigenvalue weighted by atomic mass is 16.6. The monoisotopic (exact) mass is 541 g/mol. The summed E-state index contributed by atoms with van der Waals surface area (Å²) in [4.78, 5) is 37.3. The van der Waals surface area contributed by atoms with Gasteiger partial charge in [0.15, 0.2) is 0 Å². The van der Waals surface area contributed by atoms with E-state index in [1.165, 1.54) is 0 Å². The second-order valence-corrected chi connectivity index (χ2v) is 11.9. The van der Waals surface area contributed by atoms with Gasteiger partial charge in [0.2, 0.25) is 5.91 Å². The molecule has 0 heterocycles. The van der Waals surface area contributed by atoms with Gasteiger partial charge in [-0.2, -0.15) is 0 Å². The van der Waals surface area contributed by atoms with Crippen LogP contribution in [0, 0.1) is 5.41 Å². The normalized spacial score (nSPS) is 14.8. The minimum absolute atomic E-state index is 0.123. The lowest BCUT2D eigenvalue weighted by Gasteiger charge is -2.33. The van der Waals surface area contributed by atoms with Gasteiger partial charge < -0.3 is 30.9 Å². The molecule has 9 nitrogen and oxygen atoms in total. The molecule has 214 valence electrons. The van der Waals surface area contributed by atoms with Crippen molar-refractivity contribution in [3.63, 3.8) is 0 Å². The number of alkyl carbamates (subject to hydrolysis) is 1. The van der Waals surface area contributed by atoms with Crippen LogP contribution in [-0.4, -0.2) is 58.1 Å². The predicted molar refractivity (Wildman–Crippen MR) is 150 cm³/mol. The number of hydrogen-bond donors (Lipinski definition) is 5. The Morgan fingerprint density at radius 3 is 1.77 bits per heavy atom. The van der Waals surface area contributed by atoms with E-state index in [2.05, 4.69) is 16.0 Å². The minimum Gasteiger partial charge on any atom is -0.465 e. The summed E-state index contributed by atoms with van der Waals surface area (Å²) in [6.07, 6.45) is -2.11. The van der Waals surface area contributed by atoms with Gasteiger partial charge in [-0.15, -0.1) is 0 Å². The Morgan fingerprint density at radius 2 is 1.31 bits per heavy atom. The van der Waals surface area contributed by atoms with Gasteiger partial charge in [0.25, 0.3) is 0 Å². The maximum atomic E-state index is 13.3. The average Bonchev–Trinajstić information content (AvgIpc) is 2.81. The fourth-order valence-electron chi connectivity index (χ4n) is 4.24. The van der Waals surface area contributed by atoms with Crippen LogP contribution in [0.3, 0.4) is 0 Å². The van der Waals surface area contributed by atoms with E-state index in [1.807, 2.05) is 60.7 Å². The number of benzene rings is 2. The predicted octanol–water partition coefficient (Wildman–Crippen LogP) is 4.28. The summed E-state index contributed by atoms with van der Waals surface area (Å²) < 4.78 is 5.45. The quantitative estimate of drug-likeness (QED) is 0.288. The van der Waals surface area contributed by atoms with E-state index in [9.17, 15) is 24.6 Å². The maximum Gasteiger partial charge on any atom is 0.407 e. The molecule has 39 heavy (non-hydrogen) atoms. The molecule has 0 aromatic heterocycles. The van der Waals surface area contributed by atoms with E-state index in [1.54, 1.807) is 41.5 Å². The highest BCUT2D eigenvalue weighted by molar-refractivity contribution is 5.86. The molecule has 0 unspecified atom stereocenters. The fraction of sp³-hybridized carbons (Fsp3) is 0.500. The first-order chi connectivity index (χ1) is 18.1. The Labute approximate surface area is 231 Å². The number of aliphatic hydroxyl groups is 1. The SMILES string of the molecule is CC(C)(C)OC(=O)N[C@@H](Cc1ccccc1)C[C@@H](O)[C@H](Cc1ccccc1)NC(=O)[C@@H](NC(=O)O)C(C)(C)C. The zero-order valence-electron chi connectivity index (χ0n) is 23.7. The van der Waals surface area contributed by atoms with Gasteiger partial charge in [-0.05, 0) is 56.6 Å². The van der Waals surface area contributed by atoms with Crippen molar-refractivity contribution in [2.24, 2.45) is 5.41 Å². The molecule has 2 rings (SSSR count). The number of ether oxygens (including phenoxy) is 1. The summed E-state index contributed by atoms with van der Waals surface area (Å²) >= 11 is 0. The molecule has 2 aromatic rings. The van der Waals surface area contributed by atoms with Gasteiger partial charge in [-0.25, -0.2) is 9.59 Å². The maximum absolute atomic E-state index is 13.3. The van der Waals surface area contributed by atoms with Gasteiger partial charge in [0.1, 0.15) is 11.6 Å². The highest BCUT2D eigenvalue weighted by Crippen LogP contribution is 2.21. The number of aliphatic hydroxyl groups excluding tert-OH is 1.